The number of ether oxygens (including phenoxy) is 1. The molecule has 156 valence electrons. The van der Waals surface area contributed by atoms with Crippen molar-refractivity contribution in [1.82, 2.24) is 10.0 Å². The van der Waals surface area contributed by atoms with Crippen LogP contribution in [0.4, 0.5) is 0 Å². The second kappa shape index (κ2) is 10.3. The summed E-state index contributed by atoms with van der Waals surface area (Å²) >= 11 is 0. The molecule has 0 aliphatic rings. The summed E-state index contributed by atoms with van der Waals surface area (Å²) in [7, 11) is 1.63. The molecule has 0 aliphatic carbocycles. The number of hydroxylamine groups is 2. The van der Waals surface area contributed by atoms with Crippen molar-refractivity contribution in [3.8, 4) is 5.75 Å². The van der Waals surface area contributed by atoms with Gasteiger partial charge in [-0.15, -0.1) is 0 Å². The van der Waals surface area contributed by atoms with E-state index < -0.39 is 0 Å². The first kappa shape index (κ1) is 21.2. The Morgan fingerprint density at radius 1 is 1.17 bits per heavy atom. The Morgan fingerprint density at radius 3 is 2.63 bits per heavy atom. The molecule has 3 rings (SSSR count). The zero-order valence-electron chi connectivity index (χ0n) is 17.3. The normalized spacial score (nSPS) is 11.8. The SMILES string of the molecule is CCN(OC(/C=C\CN)=C/c1ccc(OC)cc1)C(=O)Cc1c[nH]c2ccccc12. The summed E-state index contributed by atoms with van der Waals surface area (Å²) in [6.45, 7) is 2.67. The predicted octanol–water partition coefficient (Wildman–Crippen LogP) is 4.06. The monoisotopic (exact) mass is 405 g/mol. The number of carbonyl (C=O) groups is 1. The molecule has 0 aliphatic heterocycles. The first-order chi connectivity index (χ1) is 14.6. The van der Waals surface area contributed by atoms with Crippen LogP contribution >= 0.6 is 0 Å². The molecule has 0 radical (unpaired) electrons. The van der Waals surface area contributed by atoms with Gasteiger partial charge in [-0.25, -0.2) is 0 Å². The van der Waals surface area contributed by atoms with Gasteiger partial charge >= 0.3 is 0 Å². The Morgan fingerprint density at radius 2 is 1.93 bits per heavy atom. The van der Waals surface area contributed by atoms with Crippen LogP contribution in [-0.2, 0) is 16.1 Å². The number of allylic oxidation sites excluding steroid dienone is 1. The average molecular weight is 405 g/mol. The van der Waals surface area contributed by atoms with Gasteiger partial charge in [0.15, 0.2) is 5.76 Å². The van der Waals surface area contributed by atoms with E-state index >= 15 is 0 Å². The van der Waals surface area contributed by atoms with Crippen molar-refractivity contribution in [2.75, 3.05) is 20.2 Å². The van der Waals surface area contributed by atoms with E-state index in [2.05, 4.69) is 4.98 Å². The van der Waals surface area contributed by atoms with Gasteiger partial charge in [0.2, 0.25) is 0 Å². The minimum absolute atomic E-state index is 0.121. The Kier molecular flexibility index (Phi) is 7.29. The van der Waals surface area contributed by atoms with Gasteiger partial charge in [0.05, 0.1) is 20.1 Å². The molecule has 3 N–H and O–H groups in total. The fourth-order valence-electron chi connectivity index (χ4n) is 3.10. The molecule has 0 bridgehead atoms. The van der Waals surface area contributed by atoms with E-state index in [1.807, 2.05) is 67.7 Å². The Bertz CT molecular complexity index is 1040. The second-order valence-electron chi connectivity index (χ2n) is 6.67. The van der Waals surface area contributed by atoms with Crippen LogP contribution in [0.3, 0.4) is 0 Å². The highest BCUT2D eigenvalue weighted by Crippen LogP contribution is 2.20. The molecule has 0 saturated carbocycles. The Hall–Kier alpha value is -3.51. The zero-order valence-corrected chi connectivity index (χ0v) is 17.3. The molecular weight excluding hydrogens is 378 g/mol. The van der Waals surface area contributed by atoms with Crippen LogP contribution in [0.1, 0.15) is 18.1 Å². The lowest BCUT2D eigenvalue weighted by molar-refractivity contribution is -0.168. The van der Waals surface area contributed by atoms with Crippen molar-refractivity contribution >= 4 is 22.9 Å². The smallest absolute Gasteiger partial charge is 0.259 e. The number of H-pyrrole nitrogens is 1. The average Bonchev–Trinajstić information content (AvgIpc) is 3.18. The van der Waals surface area contributed by atoms with Crippen LogP contribution in [0.5, 0.6) is 5.75 Å². The fraction of sp³-hybridized carbons (Fsp3) is 0.208. The first-order valence-electron chi connectivity index (χ1n) is 9.90. The molecule has 1 heterocycles. The molecule has 6 nitrogen and oxygen atoms in total. The number of amides is 1. The van der Waals surface area contributed by atoms with Gasteiger partial charge in [0.1, 0.15) is 5.75 Å². The molecule has 3 aromatic rings. The molecule has 0 spiro atoms. The van der Waals surface area contributed by atoms with Gasteiger partial charge in [0, 0.05) is 23.6 Å². The number of rotatable bonds is 9. The minimum atomic E-state index is -0.121. The van der Waals surface area contributed by atoms with Crippen LogP contribution in [0.15, 0.2) is 72.6 Å². The Balaban J connectivity index is 1.77. The summed E-state index contributed by atoms with van der Waals surface area (Å²) in [6.07, 6.45) is 7.53. The number of hydrogen-bond acceptors (Lipinski definition) is 4. The summed E-state index contributed by atoms with van der Waals surface area (Å²) in [6, 6.07) is 15.5. The summed E-state index contributed by atoms with van der Waals surface area (Å²) in [4.78, 5) is 22.1. The molecule has 1 aromatic heterocycles. The van der Waals surface area contributed by atoms with Crippen LogP contribution in [0.25, 0.3) is 17.0 Å². The lowest BCUT2D eigenvalue weighted by Crippen LogP contribution is -2.31. The largest absolute Gasteiger partial charge is 0.497 e. The number of methoxy groups -OCH3 is 1. The summed E-state index contributed by atoms with van der Waals surface area (Å²) in [5.74, 6) is 1.18. The molecule has 0 saturated heterocycles. The maximum atomic E-state index is 12.9. The minimum Gasteiger partial charge on any atom is -0.497 e. The van der Waals surface area contributed by atoms with Crippen LogP contribution in [-0.4, -0.2) is 36.2 Å². The van der Waals surface area contributed by atoms with Gasteiger partial charge < -0.3 is 20.3 Å². The van der Waals surface area contributed by atoms with E-state index in [0.717, 1.165) is 27.8 Å². The predicted molar refractivity (Wildman–Crippen MR) is 120 cm³/mol. The summed E-state index contributed by atoms with van der Waals surface area (Å²) in [5.41, 5.74) is 8.48. The van der Waals surface area contributed by atoms with Crippen molar-refractivity contribution in [3.63, 3.8) is 0 Å². The number of carbonyl (C=O) groups excluding carboxylic acids is 1. The Labute approximate surface area is 176 Å². The van der Waals surface area contributed by atoms with Gasteiger partial charge in [-0.3, -0.25) is 4.79 Å². The van der Waals surface area contributed by atoms with Crippen molar-refractivity contribution < 1.29 is 14.4 Å². The van der Waals surface area contributed by atoms with E-state index in [1.54, 1.807) is 19.3 Å². The number of benzene rings is 2. The number of aromatic nitrogens is 1. The highest BCUT2D eigenvalue weighted by Gasteiger charge is 2.17. The molecule has 2 aromatic carbocycles. The number of para-hydroxylation sites is 1. The lowest BCUT2D eigenvalue weighted by atomic mass is 10.1. The van der Waals surface area contributed by atoms with Crippen molar-refractivity contribution in [3.05, 3.63) is 83.8 Å². The third-order valence-electron chi connectivity index (χ3n) is 4.64. The first-order valence-corrected chi connectivity index (χ1v) is 9.90. The second-order valence-corrected chi connectivity index (χ2v) is 6.67. The molecule has 0 atom stereocenters. The topological polar surface area (TPSA) is 80.6 Å². The van der Waals surface area contributed by atoms with Gasteiger partial charge in [-0.2, -0.15) is 5.06 Å². The zero-order chi connectivity index (χ0) is 21.3. The maximum Gasteiger partial charge on any atom is 0.259 e. The van der Waals surface area contributed by atoms with Crippen molar-refractivity contribution in [1.29, 1.82) is 0 Å². The van der Waals surface area contributed by atoms with Crippen LogP contribution in [0.2, 0.25) is 0 Å². The van der Waals surface area contributed by atoms with Gasteiger partial charge in [-0.05, 0) is 48.4 Å². The fourth-order valence-corrected chi connectivity index (χ4v) is 3.10. The molecular formula is C24H27N3O3. The van der Waals surface area contributed by atoms with Crippen molar-refractivity contribution in [2.24, 2.45) is 5.73 Å². The number of fused-ring (bicyclic) bond motifs is 1. The highest BCUT2D eigenvalue weighted by atomic mass is 16.7. The third-order valence-corrected chi connectivity index (χ3v) is 4.64. The van der Waals surface area contributed by atoms with Crippen molar-refractivity contribution in [2.45, 2.75) is 13.3 Å². The number of nitrogens with zero attached hydrogens (tertiary/aromatic N) is 1. The van der Waals surface area contributed by atoms with E-state index in [4.69, 9.17) is 15.3 Å². The van der Waals surface area contributed by atoms with E-state index in [0.29, 0.717) is 18.8 Å². The molecule has 6 heteroatoms. The number of nitrogens with two attached hydrogens (primary N) is 1. The molecule has 0 fully saturated rings. The van der Waals surface area contributed by atoms with Crippen LogP contribution in [0, 0.1) is 0 Å². The van der Waals surface area contributed by atoms with Gasteiger partial charge in [0.25, 0.3) is 5.91 Å². The quantitative estimate of drug-likeness (QED) is 0.320. The van der Waals surface area contributed by atoms with Gasteiger partial charge in [-0.1, -0.05) is 36.4 Å². The standard InChI is InChI=1S/C24H27N3O3/c1-3-27(24(28)16-19-17-26-23-9-5-4-8-22(19)23)30-21(7-6-14-25)15-18-10-12-20(29-2)13-11-18/h4-13,15,17,26H,3,14,16,25H2,1-2H3/b7-6-,21-15+. The van der Waals surface area contributed by atoms with E-state index in [1.165, 1.54) is 5.06 Å². The third kappa shape index (κ3) is 5.30. The molecule has 1 amide bonds. The number of nitrogens with one attached hydrogen (secondary N) is 1. The van der Waals surface area contributed by atoms with E-state index in [9.17, 15) is 4.79 Å². The van der Waals surface area contributed by atoms with E-state index in [-0.39, 0.29) is 12.3 Å². The number of aromatic amines is 1. The maximum absolute atomic E-state index is 12.9. The lowest BCUT2D eigenvalue weighted by Gasteiger charge is -2.21. The van der Waals surface area contributed by atoms with Crippen LogP contribution < -0.4 is 10.5 Å². The number of likely N-dealkylation sites (N-methyl/N-ethyl adjacent to an activating group) is 1. The molecule has 0 unspecified atom stereocenters. The summed E-state index contributed by atoms with van der Waals surface area (Å²) < 4.78 is 5.20. The molecule has 30 heavy (non-hydrogen) atoms. The highest BCUT2D eigenvalue weighted by molar-refractivity contribution is 5.88. The number of hydrogen-bond donors (Lipinski definition) is 2. The summed E-state index contributed by atoms with van der Waals surface area (Å²) in [5, 5.41) is 2.41.